The summed E-state index contributed by atoms with van der Waals surface area (Å²) in [5, 5.41) is 7.15. The Kier molecular flexibility index (Phi) is 4.65. The van der Waals surface area contributed by atoms with Gasteiger partial charge in [-0.3, -0.25) is 14.3 Å². The molecule has 1 aromatic heterocycles. The van der Waals surface area contributed by atoms with Gasteiger partial charge in [-0.1, -0.05) is 13.8 Å². The highest BCUT2D eigenvalue weighted by Gasteiger charge is 2.35. The van der Waals surface area contributed by atoms with Crippen molar-refractivity contribution in [1.29, 1.82) is 0 Å². The quantitative estimate of drug-likeness (QED) is 0.896. The second kappa shape index (κ2) is 6.28. The molecule has 1 aliphatic rings. The molecule has 6 heteroatoms. The fraction of sp³-hybridized carbons (Fsp3) is 0.667. The van der Waals surface area contributed by atoms with Gasteiger partial charge in [0.2, 0.25) is 11.8 Å². The molecule has 1 saturated heterocycles. The Balaban J connectivity index is 2.00. The van der Waals surface area contributed by atoms with Gasteiger partial charge in [0.25, 0.3) is 0 Å². The number of carbonyl (C=O) groups is 2. The van der Waals surface area contributed by atoms with Crippen molar-refractivity contribution >= 4 is 17.5 Å². The van der Waals surface area contributed by atoms with E-state index in [-0.39, 0.29) is 30.2 Å². The van der Waals surface area contributed by atoms with Crippen molar-refractivity contribution in [2.45, 2.75) is 40.2 Å². The van der Waals surface area contributed by atoms with Crippen LogP contribution in [0.4, 0.5) is 5.69 Å². The summed E-state index contributed by atoms with van der Waals surface area (Å²) in [6.07, 6.45) is 3.82. The van der Waals surface area contributed by atoms with E-state index in [0.29, 0.717) is 19.0 Å². The monoisotopic (exact) mass is 292 g/mol. The normalized spacial score (nSPS) is 18.9. The lowest BCUT2D eigenvalue weighted by Gasteiger charge is -2.15. The van der Waals surface area contributed by atoms with Gasteiger partial charge in [-0.2, -0.15) is 5.10 Å². The summed E-state index contributed by atoms with van der Waals surface area (Å²) in [6, 6.07) is 0.251. The van der Waals surface area contributed by atoms with Gasteiger partial charge in [0, 0.05) is 31.7 Å². The van der Waals surface area contributed by atoms with E-state index >= 15 is 0 Å². The van der Waals surface area contributed by atoms with E-state index in [0.717, 1.165) is 5.69 Å². The number of amides is 2. The molecule has 1 N–H and O–H groups in total. The number of carbonyl (C=O) groups excluding carboxylic acids is 2. The topological polar surface area (TPSA) is 67.2 Å². The molecule has 21 heavy (non-hydrogen) atoms. The molecule has 116 valence electrons. The molecule has 0 bridgehead atoms. The Bertz CT molecular complexity index is 521. The molecule has 1 atom stereocenters. The molecule has 2 amide bonds. The minimum Gasteiger partial charge on any atom is -0.356 e. The lowest BCUT2D eigenvalue weighted by molar-refractivity contribution is -0.126. The maximum absolute atomic E-state index is 12.1. The smallest absolute Gasteiger partial charge is 0.227 e. The zero-order valence-corrected chi connectivity index (χ0v) is 13.2. The average molecular weight is 292 g/mol. The lowest BCUT2D eigenvalue weighted by atomic mass is 10.1. The second-order valence-corrected chi connectivity index (χ2v) is 6.32. The Morgan fingerprint density at radius 1 is 1.43 bits per heavy atom. The van der Waals surface area contributed by atoms with E-state index in [1.807, 2.05) is 38.6 Å². The number of nitrogens with zero attached hydrogens (tertiary/aromatic N) is 3. The van der Waals surface area contributed by atoms with Gasteiger partial charge in [0.1, 0.15) is 0 Å². The molecule has 0 aromatic carbocycles. The van der Waals surface area contributed by atoms with E-state index in [4.69, 9.17) is 0 Å². The predicted octanol–water partition coefficient (Wildman–Crippen LogP) is 1.59. The highest BCUT2D eigenvalue weighted by Crippen LogP contribution is 2.25. The maximum Gasteiger partial charge on any atom is 0.227 e. The summed E-state index contributed by atoms with van der Waals surface area (Å²) in [4.78, 5) is 25.8. The summed E-state index contributed by atoms with van der Waals surface area (Å²) in [5.41, 5.74) is 0.771. The summed E-state index contributed by atoms with van der Waals surface area (Å²) in [7, 11) is 0. The second-order valence-electron chi connectivity index (χ2n) is 6.32. The molecule has 0 saturated carbocycles. The summed E-state index contributed by atoms with van der Waals surface area (Å²) in [6.45, 7) is 9.25. The molecule has 1 aliphatic heterocycles. The fourth-order valence-electron chi connectivity index (χ4n) is 2.33. The first-order valence-electron chi connectivity index (χ1n) is 7.50. The zero-order valence-electron chi connectivity index (χ0n) is 13.2. The molecule has 2 heterocycles. The van der Waals surface area contributed by atoms with Crippen LogP contribution in [0.1, 0.15) is 40.2 Å². The molecule has 1 aromatic rings. The Hall–Kier alpha value is -1.85. The molecular weight excluding hydrogens is 268 g/mol. The largest absolute Gasteiger partial charge is 0.356 e. The molecule has 0 aliphatic carbocycles. The van der Waals surface area contributed by atoms with Crippen molar-refractivity contribution in [3.63, 3.8) is 0 Å². The van der Waals surface area contributed by atoms with Crippen molar-refractivity contribution in [3.05, 3.63) is 12.4 Å². The molecule has 0 radical (unpaired) electrons. The lowest BCUT2D eigenvalue weighted by Crippen LogP contribution is -2.34. The van der Waals surface area contributed by atoms with Gasteiger partial charge in [-0.25, -0.2) is 0 Å². The van der Waals surface area contributed by atoms with Crippen LogP contribution in [0.2, 0.25) is 0 Å². The van der Waals surface area contributed by atoms with Crippen molar-refractivity contribution in [1.82, 2.24) is 15.1 Å². The van der Waals surface area contributed by atoms with Gasteiger partial charge in [0.15, 0.2) is 0 Å². The van der Waals surface area contributed by atoms with Gasteiger partial charge < -0.3 is 10.2 Å². The highest BCUT2D eigenvalue weighted by atomic mass is 16.2. The van der Waals surface area contributed by atoms with Gasteiger partial charge in [-0.05, 0) is 19.8 Å². The summed E-state index contributed by atoms with van der Waals surface area (Å²) < 4.78 is 1.81. The zero-order chi connectivity index (χ0) is 15.6. The third-order valence-corrected chi connectivity index (χ3v) is 3.61. The van der Waals surface area contributed by atoms with Crippen LogP contribution in [0.15, 0.2) is 12.4 Å². The van der Waals surface area contributed by atoms with Crippen LogP contribution in [0.25, 0.3) is 0 Å². The minimum atomic E-state index is -0.265. The number of hydrogen-bond acceptors (Lipinski definition) is 3. The van der Waals surface area contributed by atoms with Crippen LogP contribution >= 0.6 is 0 Å². The van der Waals surface area contributed by atoms with Crippen LogP contribution in [-0.4, -0.2) is 34.7 Å². The number of nitrogens with one attached hydrogen (secondary N) is 1. The van der Waals surface area contributed by atoms with Crippen LogP contribution < -0.4 is 10.2 Å². The van der Waals surface area contributed by atoms with E-state index < -0.39 is 0 Å². The standard InChI is InChI=1S/C15H24N4O2/c1-10(2)6-16-15(21)12-5-14(20)18(8-12)13-7-17-19(9-13)11(3)4/h7,9-12H,5-6,8H2,1-4H3,(H,16,21)/t12-/m0/s1. The first-order valence-corrected chi connectivity index (χ1v) is 7.50. The Morgan fingerprint density at radius 2 is 2.14 bits per heavy atom. The number of aromatic nitrogens is 2. The van der Waals surface area contributed by atoms with Gasteiger partial charge in [-0.15, -0.1) is 0 Å². The van der Waals surface area contributed by atoms with Crippen LogP contribution in [0.5, 0.6) is 0 Å². The average Bonchev–Trinajstić information content (AvgIpc) is 3.02. The van der Waals surface area contributed by atoms with Crippen molar-refractivity contribution in [3.8, 4) is 0 Å². The van der Waals surface area contributed by atoms with E-state index in [1.54, 1.807) is 11.1 Å². The Labute approximate surface area is 125 Å². The maximum atomic E-state index is 12.1. The molecule has 0 spiro atoms. The highest BCUT2D eigenvalue weighted by molar-refractivity contribution is 6.00. The summed E-state index contributed by atoms with van der Waals surface area (Å²) in [5.74, 6) is 0.101. The first-order chi connectivity index (χ1) is 9.88. The predicted molar refractivity (Wildman–Crippen MR) is 80.9 cm³/mol. The SMILES string of the molecule is CC(C)CNC(=O)[C@H]1CC(=O)N(c2cnn(C(C)C)c2)C1. The van der Waals surface area contributed by atoms with Gasteiger partial charge >= 0.3 is 0 Å². The van der Waals surface area contributed by atoms with Gasteiger partial charge in [0.05, 0.1) is 17.8 Å². The molecule has 6 nitrogen and oxygen atoms in total. The van der Waals surface area contributed by atoms with Crippen molar-refractivity contribution < 1.29 is 9.59 Å². The summed E-state index contributed by atoms with van der Waals surface area (Å²) >= 11 is 0. The third kappa shape index (κ3) is 3.62. The van der Waals surface area contributed by atoms with E-state index in [1.165, 1.54) is 0 Å². The first kappa shape index (κ1) is 15.5. The molecule has 1 fully saturated rings. The van der Waals surface area contributed by atoms with E-state index in [2.05, 4.69) is 10.4 Å². The van der Waals surface area contributed by atoms with Crippen molar-refractivity contribution in [2.24, 2.45) is 11.8 Å². The number of hydrogen-bond donors (Lipinski definition) is 1. The van der Waals surface area contributed by atoms with E-state index in [9.17, 15) is 9.59 Å². The van der Waals surface area contributed by atoms with Crippen LogP contribution in [0.3, 0.4) is 0 Å². The number of anilines is 1. The molecule has 0 unspecified atom stereocenters. The van der Waals surface area contributed by atoms with Crippen molar-refractivity contribution in [2.75, 3.05) is 18.0 Å². The molecule has 2 rings (SSSR count). The fourth-order valence-corrected chi connectivity index (χ4v) is 2.33. The Morgan fingerprint density at radius 3 is 2.71 bits per heavy atom. The van der Waals surface area contributed by atoms with Crippen LogP contribution in [0, 0.1) is 11.8 Å². The molecular formula is C15H24N4O2. The third-order valence-electron chi connectivity index (χ3n) is 3.61. The number of rotatable bonds is 5. The minimum absolute atomic E-state index is 0.0111. The van der Waals surface area contributed by atoms with Crippen LogP contribution in [-0.2, 0) is 9.59 Å².